The quantitative estimate of drug-likeness (QED) is 0.512. The van der Waals surface area contributed by atoms with E-state index < -0.39 is 8.25 Å². The van der Waals surface area contributed by atoms with Gasteiger partial charge in [0.05, 0.1) is 0 Å². The molecule has 0 aliphatic carbocycles. The highest BCUT2D eigenvalue weighted by Gasteiger charge is 2.13. The normalized spacial score (nSPS) is 18.2. The zero-order chi connectivity index (χ0) is 11.1. The summed E-state index contributed by atoms with van der Waals surface area (Å²) in [6, 6.07) is 0. The molecule has 0 saturated carbocycles. The minimum atomic E-state index is -2.58. The Balaban J connectivity index is 2.24. The molecule has 1 saturated heterocycles. The number of carbonyl (C=O) groups excluding carboxylic acids is 1. The van der Waals surface area contributed by atoms with Crippen LogP contribution >= 0.6 is 8.25 Å². The third-order valence-electron chi connectivity index (χ3n) is 1.97. The van der Waals surface area contributed by atoms with Gasteiger partial charge in [-0.3, -0.25) is 4.79 Å². The Labute approximate surface area is 88.9 Å². The van der Waals surface area contributed by atoms with Gasteiger partial charge in [0, 0.05) is 36.8 Å². The summed E-state index contributed by atoms with van der Waals surface area (Å²) in [4.78, 5) is 21.5. The first-order valence-corrected chi connectivity index (χ1v) is 5.78. The van der Waals surface area contributed by atoms with E-state index in [1.165, 1.54) is 12.2 Å². The van der Waals surface area contributed by atoms with Crippen molar-refractivity contribution >= 4 is 14.2 Å². The average Bonchev–Trinajstić information content (AvgIpc) is 2.25. The van der Waals surface area contributed by atoms with E-state index in [1.807, 2.05) is 0 Å². The zero-order valence-corrected chi connectivity index (χ0v) is 9.15. The van der Waals surface area contributed by atoms with Gasteiger partial charge in [-0.1, -0.05) is 0 Å². The summed E-state index contributed by atoms with van der Waals surface area (Å²) >= 11 is 0. The molecule has 1 heterocycles. The number of piperazine rings is 1. The number of carbonyl (C=O) groups is 1. The lowest BCUT2D eigenvalue weighted by Gasteiger charge is -2.26. The Kier molecular flexibility index (Phi) is 5.42. The molecule has 1 aliphatic rings. The molecule has 1 rings (SSSR count). The molecule has 84 valence electrons. The fraction of sp³-hybridized carbons (Fsp3) is 0.625. The summed E-state index contributed by atoms with van der Waals surface area (Å²) in [5.41, 5.74) is 0. The number of hydrogen-bond acceptors (Lipinski definition) is 4. The number of hydrogen-bond donors (Lipinski definition) is 2. The molecule has 1 atom stereocenters. The van der Waals surface area contributed by atoms with Crippen molar-refractivity contribution in [1.82, 2.24) is 10.2 Å². The highest BCUT2D eigenvalue weighted by Crippen LogP contribution is 2.13. The van der Waals surface area contributed by atoms with Gasteiger partial charge in [0.15, 0.2) is 0 Å². The van der Waals surface area contributed by atoms with E-state index in [0.717, 1.165) is 13.1 Å². The van der Waals surface area contributed by atoms with Crippen LogP contribution in [0.25, 0.3) is 0 Å². The van der Waals surface area contributed by atoms with E-state index in [-0.39, 0.29) is 12.5 Å². The molecule has 2 N–H and O–H groups in total. The van der Waals surface area contributed by atoms with Crippen LogP contribution in [0.15, 0.2) is 12.2 Å². The first kappa shape index (κ1) is 12.3. The predicted octanol–water partition coefficient (Wildman–Crippen LogP) is -0.359. The first-order valence-electron chi connectivity index (χ1n) is 4.65. The second-order valence-corrected chi connectivity index (χ2v) is 3.75. The standard InChI is InChI=1S/C8H13N2O4P/c11-8(2-1-7-14-15(12)13)10-5-3-9-4-6-10/h1-2,9H,3-7H2/p+1. The SMILES string of the molecule is O=C(C=CCO[P+](=O)O)N1CCNCC1. The van der Waals surface area contributed by atoms with Gasteiger partial charge in [-0.05, 0) is 6.08 Å². The van der Waals surface area contributed by atoms with Crippen LogP contribution in [0.3, 0.4) is 0 Å². The van der Waals surface area contributed by atoms with Crippen LogP contribution in [0, 0.1) is 0 Å². The zero-order valence-electron chi connectivity index (χ0n) is 8.26. The molecule has 0 bridgehead atoms. The van der Waals surface area contributed by atoms with Crippen molar-refractivity contribution < 1.29 is 18.8 Å². The van der Waals surface area contributed by atoms with Crippen molar-refractivity contribution in [3.8, 4) is 0 Å². The Bertz CT molecular complexity index is 263. The molecule has 7 heteroatoms. The second kappa shape index (κ2) is 6.63. The van der Waals surface area contributed by atoms with Crippen LogP contribution < -0.4 is 5.32 Å². The topological polar surface area (TPSA) is 78.9 Å². The molecule has 1 amide bonds. The number of amides is 1. The van der Waals surface area contributed by atoms with Crippen LogP contribution in [-0.4, -0.2) is 48.5 Å². The third kappa shape index (κ3) is 4.99. The Morgan fingerprint density at radius 3 is 2.80 bits per heavy atom. The van der Waals surface area contributed by atoms with Gasteiger partial charge in [-0.25, -0.2) is 0 Å². The fourth-order valence-electron chi connectivity index (χ4n) is 1.25. The Morgan fingerprint density at radius 1 is 1.53 bits per heavy atom. The summed E-state index contributed by atoms with van der Waals surface area (Å²) in [6.45, 7) is 2.97. The summed E-state index contributed by atoms with van der Waals surface area (Å²) in [7, 11) is -2.58. The van der Waals surface area contributed by atoms with Crippen molar-refractivity contribution in [3.05, 3.63) is 12.2 Å². The molecule has 0 aromatic rings. The highest BCUT2D eigenvalue weighted by molar-refractivity contribution is 7.32. The van der Waals surface area contributed by atoms with E-state index in [0.29, 0.717) is 13.1 Å². The molecular formula is C8H14N2O4P+. The maximum absolute atomic E-state index is 11.5. The van der Waals surface area contributed by atoms with Gasteiger partial charge >= 0.3 is 8.25 Å². The lowest BCUT2D eigenvalue weighted by molar-refractivity contribution is -0.126. The van der Waals surface area contributed by atoms with Crippen LogP contribution in [0.4, 0.5) is 0 Å². The maximum Gasteiger partial charge on any atom is 0.695 e. The second-order valence-electron chi connectivity index (χ2n) is 3.01. The van der Waals surface area contributed by atoms with Crippen LogP contribution in [-0.2, 0) is 13.9 Å². The monoisotopic (exact) mass is 233 g/mol. The molecule has 0 aromatic carbocycles. The minimum absolute atomic E-state index is 0.0243. The van der Waals surface area contributed by atoms with Gasteiger partial charge in [0.25, 0.3) is 0 Å². The predicted molar refractivity (Wildman–Crippen MR) is 54.4 cm³/mol. The van der Waals surface area contributed by atoms with Crippen LogP contribution in [0.5, 0.6) is 0 Å². The van der Waals surface area contributed by atoms with Gasteiger partial charge in [-0.15, -0.1) is 9.42 Å². The molecule has 15 heavy (non-hydrogen) atoms. The van der Waals surface area contributed by atoms with Crippen molar-refractivity contribution in [1.29, 1.82) is 0 Å². The molecule has 0 spiro atoms. The lowest BCUT2D eigenvalue weighted by Crippen LogP contribution is -2.45. The van der Waals surface area contributed by atoms with Gasteiger partial charge < -0.3 is 10.2 Å². The Morgan fingerprint density at radius 2 is 2.20 bits per heavy atom. The number of nitrogens with one attached hydrogen (secondary N) is 1. The van der Waals surface area contributed by atoms with E-state index in [9.17, 15) is 9.36 Å². The average molecular weight is 233 g/mol. The summed E-state index contributed by atoms with van der Waals surface area (Å²) in [5, 5.41) is 3.14. The minimum Gasteiger partial charge on any atom is -0.337 e. The van der Waals surface area contributed by atoms with E-state index in [2.05, 4.69) is 9.84 Å². The maximum atomic E-state index is 11.5. The molecule has 0 radical (unpaired) electrons. The first-order chi connectivity index (χ1) is 7.20. The summed E-state index contributed by atoms with van der Waals surface area (Å²) < 4.78 is 14.5. The smallest absolute Gasteiger partial charge is 0.337 e. The van der Waals surface area contributed by atoms with Crippen molar-refractivity contribution in [3.63, 3.8) is 0 Å². The van der Waals surface area contributed by atoms with Crippen molar-refractivity contribution in [2.75, 3.05) is 32.8 Å². The number of nitrogens with zero attached hydrogens (tertiary/aromatic N) is 1. The van der Waals surface area contributed by atoms with E-state index >= 15 is 0 Å². The molecular weight excluding hydrogens is 219 g/mol. The molecule has 0 aromatic heterocycles. The van der Waals surface area contributed by atoms with E-state index in [1.54, 1.807) is 4.90 Å². The van der Waals surface area contributed by atoms with Crippen molar-refractivity contribution in [2.24, 2.45) is 0 Å². The van der Waals surface area contributed by atoms with Gasteiger partial charge in [-0.2, -0.15) is 0 Å². The third-order valence-corrected chi connectivity index (χ3v) is 2.34. The fourth-order valence-corrected chi connectivity index (χ4v) is 1.46. The van der Waals surface area contributed by atoms with Crippen molar-refractivity contribution in [2.45, 2.75) is 0 Å². The molecule has 1 unspecified atom stereocenters. The van der Waals surface area contributed by atoms with E-state index in [4.69, 9.17) is 4.89 Å². The van der Waals surface area contributed by atoms with Gasteiger partial charge in [0.2, 0.25) is 5.91 Å². The van der Waals surface area contributed by atoms with Crippen LogP contribution in [0.1, 0.15) is 0 Å². The molecule has 6 nitrogen and oxygen atoms in total. The van der Waals surface area contributed by atoms with Crippen LogP contribution in [0.2, 0.25) is 0 Å². The Hall–Kier alpha value is -0.810. The number of rotatable bonds is 4. The molecule has 1 aliphatic heterocycles. The van der Waals surface area contributed by atoms with Gasteiger partial charge in [0.1, 0.15) is 6.61 Å². The summed E-state index contributed by atoms with van der Waals surface area (Å²) in [6.07, 6.45) is 2.80. The lowest BCUT2D eigenvalue weighted by atomic mass is 10.3. The summed E-state index contributed by atoms with van der Waals surface area (Å²) in [5.74, 6) is -0.0896. The molecule has 1 fully saturated rings. The largest absolute Gasteiger partial charge is 0.695 e. The highest BCUT2D eigenvalue weighted by atomic mass is 31.1.